The second kappa shape index (κ2) is 5.58. The van der Waals surface area contributed by atoms with Crippen LogP contribution >= 0.6 is 0 Å². The van der Waals surface area contributed by atoms with Crippen LogP contribution in [-0.2, 0) is 6.54 Å². The molecule has 6 heteroatoms. The normalized spacial score (nSPS) is 14.8. The molecule has 0 bridgehead atoms. The van der Waals surface area contributed by atoms with Crippen molar-refractivity contribution in [3.8, 4) is 17.0 Å². The molecule has 1 saturated carbocycles. The number of nitrogens with one attached hydrogen (secondary N) is 2. The van der Waals surface area contributed by atoms with Gasteiger partial charge in [-0.3, -0.25) is 5.10 Å². The highest BCUT2D eigenvalue weighted by Crippen LogP contribution is 2.27. The number of hydrogen-bond donors (Lipinski definition) is 2. The van der Waals surface area contributed by atoms with Crippen LogP contribution in [0, 0.1) is 0 Å². The van der Waals surface area contributed by atoms with Crippen LogP contribution in [0.25, 0.3) is 11.3 Å². The molecule has 0 amide bonds. The minimum Gasteiger partial charge on any atom is -0.435 e. The van der Waals surface area contributed by atoms with E-state index in [1.165, 1.54) is 18.9 Å². The summed E-state index contributed by atoms with van der Waals surface area (Å²) in [6.07, 6.45) is 4.18. The molecule has 0 spiro atoms. The number of halogens is 2. The monoisotopic (exact) mass is 279 g/mol. The number of ether oxygens (including phenoxy) is 1. The lowest BCUT2D eigenvalue weighted by Crippen LogP contribution is -2.15. The molecule has 0 unspecified atom stereocenters. The zero-order valence-corrected chi connectivity index (χ0v) is 10.8. The average Bonchev–Trinajstić information content (AvgIpc) is 3.13. The number of benzene rings is 1. The van der Waals surface area contributed by atoms with Gasteiger partial charge < -0.3 is 10.1 Å². The Morgan fingerprint density at radius 2 is 2.25 bits per heavy atom. The van der Waals surface area contributed by atoms with Gasteiger partial charge in [0.25, 0.3) is 0 Å². The van der Waals surface area contributed by atoms with E-state index in [4.69, 9.17) is 0 Å². The predicted octanol–water partition coefficient (Wildman–Crippen LogP) is 2.93. The van der Waals surface area contributed by atoms with E-state index in [9.17, 15) is 8.78 Å². The Bertz CT molecular complexity index is 581. The van der Waals surface area contributed by atoms with Crippen LogP contribution in [0.1, 0.15) is 18.4 Å². The van der Waals surface area contributed by atoms with Crippen molar-refractivity contribution in [2.24, 2.45) is 0 Å². The molecule has 2 aromatic rings. The van der Waals surface area contributed by atoms with Gasteiger partial charge in [-0.1, -0.05) is 12.1 Å². The molecule has 4 nitrogen and oxygen atoms in total. The second-order valence-corrected chi connectivity index (χ2v) is 4.83. The van der Waals surface area contributed by atoms with Crippen LogP contribution in [0.4, 0.5) is 8.78 Å². The SMILES string of the molecule is FC(F)Oc1cccc(-c2[nH]ncc2CNC2CC2)c1. The predicted molar refractivity (Wildman–Crippen MR) is 70.5 cm³/mol. The summed E-state index contributed by atoms with van der Waals surface area (Å²) in [5.74, 6) is 0.146. The van der Waals surface area contributed by atoms with Crippen LogP contribution in [0.2, 0.25) is 0 Å². The Balaban J connectivity index is 1.79. The summed E-state index contributed by atoms with van der Waals surface area (Å²) in [6, 6.07) is 7.22. The number of nitrogens with zero attached hydrogens (tertiary/aromatic N) is 1. The Morgan fingerprint density at radius 1 is 1.40 bits per heavy atom. The maximum atomic E-state index is 12.2. The first-order chi connectivity index (χ1) is 9.72. The molecule has 1 heterocycles. The lowest BCUT2D eigenvalue weighted by atomic mass is 10.1. The molecule has 1 aliphatic carbocycles. The summed E-state index contributed by atoms with van der Waals surface area (Å²) in [7, 11) is 0. The summed E-state index contributed by atoms with van der Waals surface area (Å²) < 4.78 is 28.9. The van der Waals surface area contributed by atoms with E-state index in [0.717, 1.165) is 23.4 Å². The largest absolute Gasteiger partial charge is 0.435 e. The maximum absolute atomic E-state index is 12.2. The highest BCUT2D eigenvalue weighted by molar-refractivity contribution is 5.64. The zero-order valence-electron chi connectivity index (χ0n) is 10.8. The Hall–Kier alpha value is -1.95. The zero-order chi connectivity index (χ0) is 13.9. The lowest BCUT2D eigenvalue weighted by molar-refractivity contribution is -0.0498. The van der Waals surface area contributed by atoms with Crippen LogP contribution in [0.15, 0.2) is 30.5 Å². The molecule has 0 saturated heterocycles. The highest BCUT2D eigenvalue weighted by Gasteiger charge is 2.21. The van der Waals surface area contributed by atoms with Gasteiger partial charge in [-0.05, 0) is 25.0 Å². The molecule has 1 fully saturated rings. The molecule has 1 aliphatic rings. The number of alkyl halides is 2. The van der Waals surface area contributed by atoms with E-state index < -0.39 is 6.61 Å². The summed E-state index contributed by atoms with van der Waals surface area (Å²) in [5, 5.41) is 10.4. The van der Waals surface area contributed by atoms with Crippen LogP contribution in [0.3, 0.4) is 0 Å². The molecule has 106 valence electrons. The van der Waals surface area contributed by atoms with Crippen LogP contribution in [0.5, 0.6) is 5.75 Å². The summed E-state index contributed by atoms with van der Waals surface area (Å²) in [5.41, 5.74) is 2.64. The smallest absolute Gasteiger partial charge is 0.387 e. The molecular weight excluding hydrogens is 264 g/mol. The first kappa shape index (κ1) is 13.1. The van der Waals surface area contributed by atoms with E-state index >= 15 is 0 Å². The van der Waals surface area contributed by atoms with Gasteiger partial charge in [0.1, 0.15) is 5.75 Å². The molecule has 1 aromatic carbocycles. The number of rotatable bonds is 6. The lowest BCUT2D eigenvalue weighted by Gasteiger charge is -2.08. The fourth-order valence-corrected chi connectivity index (χ4v) is 2.06. The van der Waals surface area contributed by atoms with Crippen molar-refractivity contribution >= 4 is 0 Å². The van der Waals surface area contributed by atoms with Gasteiger partial charge in [-0.25, -0.2) is 0 Å². The summed E-state index contributed by atoms with van der Waals surface area (Å²) in [4.78, 5) is 0. The molecule has 0 radical (unpaired) electrons. The van der Waals surface area contributed by atoms with Crippen molar-refractivity contribution in [3.63, 3.8) is 0 Å². The van der Waals surface area contributed by atoms with Gasteiger partial charge >= 0.3 is 6.61 Å². The number of H-pyrrole nitrogens is 1. The minimum absolute atomic E-state index is 0.146. The minimum atomic E-state index is -2.82. The molecule has 20 heavy (non-hydrogen) atoms. The van der Waals surface area contributed by atoms with Crippen molar-refractivity contribution in [1.82, 2.24) is 15.5 Å². The van der Waals surface area contributed by atoms with Crippen molar-refractivity contribution in [2.45, 2.75) is 32.0 Å². The average molecular weight is 279 g/mol. The second-order valence-electron chi connectivity index (χ2n) is 4.83. The van der Waals surface area contributed by atoms with Gasteiger partial charge in [0.05, 0.1) is 11.9 Å². The molecule has 1 aromatic heterocycles. The fraction of sp³-hybridized carbons (Fsp3) is 0.357. The van der Waals surface area contributed by atoms with Gasteiger partial charge in [-0.15, -0.1) is 0 Å². The van der Waals surface area contributed by atoms with Crippen molar-refractivity contribution in [3.05, 3.63) is 36.0 Å². The Kier molecular flexibility index (Phi) is 3.64. The number of aromatic amines is 1. The quantitative estimate of drug-likeness (QED) is 0.854. The first-order valence-corrected chi connectivity index (χ1v) is 6.53. The molecule has 0 aliphatic heterocycles. The van der Waals surface area contributed by atoms with Gasteiger partial charge in [0, 0.05) is 23.7 Å². The van der Waals surface area contributed by atoms with E-state index in [0.29, 0.717) is 6.04 Å². The maximum Gasteiger partial charge on any atom is 0.387 e. The van der Waals surface area contributed by atoms with E-state index in [1.807, 2.05) is 6.07 Å². The van der Waals surface area contributed by atoms with Gasteiger partial charge in [0.2, 0.25) is 0 Å². The summed E-state index contributed by atoms with van der Waals surface area (Å²) in [6.45, 7) is -2.10. The standard InChI is InChI=1S/C14H15F2N3O/c15-14(16)20-12-3-1-2-9(6-12)13-10(8-18-19-13)7-17-11-4-5-11/h1-3,6,8,11,14,17H,4-5,7H2,(H,18,19). The van der Waals surface area contributed by atoms with Crippen LogP contribution < -0.4 is 10.1 Å². The Morgan fingerprint density at radius 3 is 3.00 bits per heavy atom. The van der Waals surface area contributed by atoms with Gasteiger partial charge in [0.15, 0.2) is 0 Å². The highest BCUT2D eigenvalue weighted by atomic mass is 19.3. The Labute approximate surface area is 115 Å². The molecular formula is C14H15F2N3O. The van der Waals surface area contributed by atoms with E-state index in [2.05, 4.69) is 20.3 Å². The third-order valence-electron chi connectivity index (χ3n) is 3.22. The molecule has 0 atom stereocenters. The van der Waals surface area contributed by atoms with E-state index in [-0.39, 0.29) is 5.75 Å². The molecule has 3 rings (SSSR count). The number of aromatic nitrogens is 2. The molecule has 2 N–H and O–H groups in total. The third kappa shape index (κ3) is 3.14. The third-order valence-corrected chi connectivity index (χ3v) is 3.22. The van der Waals surface area contributed by atoms with Gasteiger partial charge in [-0.2, -0.15) is 13.9 Å². The van der Waals surface area contributed by atoms with Crippen molar-refractivity contribution < 1.29 is 13.5 Å². The topological polar surface area (TPSA) is 49.9 Å². The summed E-state index contributed by atoms with van der Waals surface area (Å²) >= 11 is 0. The van der Waals surface area contributed by atoms with Crippen molar-refractivity contribution in [1.29, 1.82) is 0 Å². The fourth-order valence-electron chi connectivity index (χ4n) is 2.06. The van der Waals surface area contributed by atoms with E-state index in [1.54, 1.807) is 18.3 Å². The first-order valence-electron chi connectivity index (χ1n) is 6.53. The van der Waals surface area contributed by atoms with Crippen LogP contribution in [-0.4, -0.2) is 22.9 Å². The van der Waals surface area contributed by atoms with Crippen molar-refractivity contribution in [2.75, 3.05) is 0 Å². The number of hydrogen-bond acceptors (Lipinski definition) is 3.